The van der Waals surface area contributed by atoms with Gasteiger partial charge in [0.1, 0.15) is 0 Å². The van der Waals surface area contributed by atoms with Crippen molar-refractivity contribution in [3.63, 3.8) is 0 Å². The van der Waals surface area contributed by atoms with Crippen LogP contribution in [-0.4, -0.2) is 19.5 Å². The minimum atomic E-state index is -0.439. The maximum Gasteiger partial charge on any atom is 0.238 e. The van der Waals surface area contributed by atoms with Crippen molar-refractivity contribution >= 4 is 21.8 Å². The van der Waals surface area contributed by atoms with Crippen molar-refractivity contribution in [3.8, 4) is 216 Å². The number of rotatable bonds is 10. The molecule has 0 radical (unpaired) electrons. The molecule has 15 rings (SSSR count). The van der Waals surface area contributed by atoms with Crippen molar-refractivity contribution in [2.75, 3.05) is 0 Å². The second kappa shape index (κ2) is 24.4. The number of nitrogens with zero attached hydrogens (tertiary/aromatic N) is 4. The predicted octanol–water partition coefficient (Wildman–Crippen LogP) is 20.1. The molecule has 14 aromatic rings. The van der Waals surface area contributed by atoms with Crippen LogP contribution >= 0.6 is 0 Å². The van der Waals surface area contributed by atoms with Crippen LogP contribution in [0.2, 0.25) is 0 Å². The summed E-state index contributed by atoms with van der Waals surface area (Å²) in [5, 5.41) is 2.15. The fourth-order valence-corrected chi connectivity index (χ4v) is 14.1. The molecule has 2 aromatic heterocycles. The number of hydrogen-bond acceptors (Lipinski definition) is 3. The summed E-state index contributed by atoms with van der Waals surface area (Å²) in [6, 6.07) is 83.1. The molecule has 0 saturated carbocycles. The third-order valence-corrected chi connectivity index (χ3v) is 18.9. The first-order chi connectivity index (χ1) is 48.0. The summed E-state index contributed by atoms with van der Waals surface area (Å²) >= 11 is 0. The van der Waals surface area contributed by atoms with Crippen LogP contribution in [0.5, 0.6) is 0 Å². The molecule has 450 valence electrons. The lowest BCUT2D eigenvalue weighted by Crippen LogP contribution is -2.15. The zero-order chi connectivity index (χ0) is 67.3. The van der Waals surface area contributed by atoms with Gasteiger partial charge in [-0.25, -0.2) is 4.98 Å². The summed E-state index contributed by atoms with van der Waals surface area (Å²) in [5.74, 6) is 23.9. The zero-order valence-electron chi connectivity index (χ0n) is 53.5. The zero-order valence-corrected chi connectivity index (χ0v) is 53.5. The summed E-state index contributed by atoms with van der Waals surface area (Å²) in [7, 11) is 0. The Labute approximate surface area is 571 Å². The molecule has 1 aliphatic rings. The van der Waals surface area contributed by atoms with Gasteiger partial charge in [-0.15, -0.1) is 51.4 Å². The highest BCUT2D eigenvalue weighted by atomic mass is 15.2. The number of hydrogen-bond donors (Lipinski definition) is 0. The molecule has 0 spiro atoms. The lowest BCUT2D eigenvalue weighted by atomic mass is 9.81. The fraction of sp³-hybridized carbons (Fsp3) is 0.0319. The van der Waals surface area contributed by atoms with Crippen molar-refractivity contribution in [1.82, 2.24) is 19.5 Å². The summed E-state index contributed by atoms with van der Waals surface area (Å²) < 4.78 is 2.19. The molecule has 0 unspecified atom stereocenters. The lowest BCUT2D eigenvalue weighted by Gasteiger charge is -2.22. The standard InChI is InChI=1S/C94H54N4/c1-11-59-43-45-70(51-63(59)15-5)76-38-28-39-77(71-46-44-60(12-2)64(16-6)52-71)90(76)72-35-24-33-66(53-72)69-48-50-81-84-57-85-82-37-22-23-42-88(82)98(89(85)58-87(84)94(9,10)86(81)56-69)93-96-91(65-29-20-19-21-30-65)95-92(97-93)73-36-25-34-67(54-73)68-47-49-80(78-40-26-31-61(13-3)74(78)17-7)83(55-68)79-41-27-32-62(14-4)75(79)18-8/h1-8,19-58H,9-10H3. The third-order valence-electron chi connectivity index (χ3n) is 18.9. The van der Waals surface area contributed by atoms with Gasteiger partial charge in [-0.3, -0.25) is 4.57 Å². The lowest BCUT2D eigenvalue weighted by molar-refractivity contribution is 0.661. The molecule has 1 aliphatic carbocycles. The number of fused-ring (bicyclic) bond motifs is 6. The van der Waals surface area contributed by atoms with E-state index in [2.05, 4.69) is 193 Å². The Morgan fingerprint density at radius 1 is 0.276 bits per heavy atom. The van der Waals surface area contributed by atoms with E-state index in [9.17, 15) is 0 Å². The molecule has 4 nitrogen and oxygen atoms in total. The summed E-state index contributed by atoms with van der Waals surface area (Å²) in [4.78, 5) is 16.1. The van der Waals surface area contributed by atoms with E-state index in [0.29, 0.717) is 62.1 Å². The Morgan fingerprint density at radius 2 is 0.745 bits per heavy atom. The highest BCUT2D eigenvalue weighted by Gasteiger charge is 2.37. The van der Waals surface area contributed by atoms with Gasteiger partial charge in [-0.05, 0) is 179 Å². The van der Waals surface area contributed by atoms with Crippen LogP contribution in [0.15, 0.2) is 243 Å². The van der Waals surface area contributed by atoms with Crippen LogP contribution in [0.3, 0.4) is 0 Å². The highest BCUT2D eigenvalue weighted by molar-refractivity contribution is 6.12. The van der Waals surface area contributed by atoms with E-state index in [1.165, 1.54) is 22.3 Å². The van der Waals surface area contributed by atoms with E-state index < -0.39 is 5.41 Å². The number of aromatic nitrogens is 4. The van der Waals surface area contributed by atoms with E-state index in [4.69, 9.17) is 66.3 Å². The van der Waals surface area contributed by atoms with E-state index in [-0.39, 0.29) is 0 Å². The van der Waals surface area contributed by atoms with Crippen molar-refractivity contribution in [2.24, 2.45) is 0 Å². The number of benzene rings is 12. The monoisotopic (exact) mass is 1240 g/mol. The minimum Gasteiger partial charge on any atom is -0.278 e. The predicted molar refractivity (Wildman–Crippen MR) is 404 cm³/mol. The van der Waals surface area contributed by atoms with E-state index in [1.807, 2.05) is 115 Å². The first-order valence-electron chi connectivity index (χ1n) is 31.8. The molecular formula is C94H54N4. The highest BCUT2D eigenvalue weighted by Crippen LogP contribution is 2.53. The van der Waals surface area contributed by atoms with Crippen molar-refractivity contribution in [2.45, 2.75) is 19.3 Å². The summed E-state index contributed by atoms with van der Waals surface area (Å²) in [6.45, 7) is 4.63. The Balaban J connectivity index is 0.847. The van der Waals surface area contributed by atoms with Crippen molar-refractivity contribution in [1.29, 1.82) is 0 Å². The molecule has 0 bridgehead atoms. The molecule has 0 aliphatic heterocycles. The molecule has 0 amide bonds. The van der Waals surface area contributed by atoms with Gasteiger partial charge in [-0.2, -0.15) is 9.97 Å². The largest absolute Gasteiger partial charge is 0.278 e. The Kier molecular flexibility index (Phi) is 15.0. The Morgan fingerprint density at radius 3 is 1.36 bits per heavy atom. The normalized spacial score (nSPS) is 11.6. The quantitative estimate of drug-likeness (QED) is 0.128. The van der Waals surface area contributed by atoms with Crippen LogP contribution in [0.4, 0.5) is 0 Å². The molecule has 2 heterocycles. The topological polar surface area (TPSA) is 43.6 Å². The summed E-state index contributed by atoms with van der Waals surface area (Å²) in [6.07, 6.45) is 48.4. The maximum atomic E-state index is 6.26. The van der Waals surface area contributed by atoms with Gasteiger partial charge in [-0.1, -0.05) is 225 Å². The Hall–Kier alpha value is -14.1. The average molecular weight is 1240 g/mol. The second-order valence-electron chi connectivity index (χ2n) is 24.6. The average Bonchev–Trinajstić information content (AvgIpc) is 1.48. The van der Waals surface area contributed by atoms with E-state index in [0.717, 1.165) is 111 Å². The molecule has 0 fully saturated rings. The molecular weight excluding hydrogens is 1190 g/mol. The smallest absolute Gasteiger partial charge is 0.238 e. The maximum absolute atomic E-state index is 6.26. The number of terminal acetylenes is 8. The third kappa shape index (κ3) is 10.1. The van der Waals surface area contributed by atoms with Gasteiger partial charge in [0.05, 0.1) is 11.0 Å². The van der Waals surface area contributed by atoms with E-state index in [1.54, 1.807) is 0 Å². The van der Waals surface area contributed by atoms with Crippen LogP contribution in [0, 0.1) is 98.8 Å². The van der Waals surface area contributed by atoms with Gasteiger partial charge in [0.25, 0.3) is 0 Å². The molecule has 0 N–H and O–H groups in total. The van der Waals surface area contributed by atoms with Gasteiger partial charge in [0, 0.05) is 71.8 Å². The first kappa shape index (κ1) is 60.2. The fourth-order valence-electron chi connectivity index (χ4n) is 14.1. The minimum absolute atomic E-state index is 0.439. The Bertz CT molecular complexity index is 6030. The van der Waals surface area contributed by atoms with E-state index >= 15 is 0 Å². The van der Waals surface area contributed by atoms with Gasteiger partial charge < -0.3 is 0 Å². The molecule has 98 heavy (non-hydrogen) atoms. The molecule has 12 aromatic carbocycles. The molecule has 0 saturated heterocycles. The SMILES string of the molecule is C#Cc1ccc(-c2cccc(-c3ccc(C#C)c(C#C)c3)c2-c2cccc(-c3ccc4c(c3)C(C)(C)c3cc5c(cc3-4)c3ccccc3n5-c3nc(-c4ccccc4)nc(-c4cccc(-c5ccc(-c6cccc(C#C)c6C#C)c(-c6cccc(C#C)c6C#C)c5)c4)n3)c2)cc1C#C. The molecule has 0 atom stereocenters. The van der Waals surface area contributed by atoms with Crippen LogP contribution < -0.4 is 0 Å². The van der Waals surface area contributed by atoms with Crippen molar-refractivity contribution < 1.29 is 0 Å². The van der Waals surface area contributed by atoms with Crippen LogP contribution in [0.1, 0.15) is 69.5 Å². The van der Waals surface area contributed by atoms with Gasteiger partial charge in [0.15, 0.2) is 11.6 Å². The summed E-state index contributed by atoms with van der Waals surface area (Å²) in [5.41, 5.74) is 26.1. The van der Waals surface area contributed by atoms with Crippen molar-refractivity contribution in [3.05, 3.63) is 298 Å². The number of para-hydroxylation sites is 1. The second-order valence-corrected chi connectivity index (χ2v) is 24.6. The van der Waals surface area contributed by atoms with Gasteiger partial charge in [0.2, 0.25) is 5.95 Å². The van der Waals surface area contributed by atoms with Crippen LogP contribution in [-0.2, 0) is 5.41 Å². The van der Waals surface area contributed by atoms with Crippen LogP contribution in [0.25, 0.3) is 140 Å². The van der Waals surface area contributed by atoms with Gasteiger partial charge >= 0.3 is 0 Å². The first-order valence-corrected chi connectivity index (χ1v) is 31.8. The molecule has 4 heteroatoms.